The molecular weight excluding hydrogens is 516 g/mol. The van der Waals surface area contributed by atoms with Crippen molar-refractivity contribution in [3.05, 3.63) is 119 Å². The van der Waals surface area contributed by atoms with Crippen LogP contribution in [0, 0.1) is 6.92 Å². The minimum atomic E-state index is -1.23. The molecule has 1 aromatic heterocycles. The molecule has 5 aromatic rings. The summed E-state index contributed by atoms with van der Waals surface area (Å²) in [6.45, 7) is 2.10. The van der Waals surface area contributed by atoms with Crippen molar-refractivity contribution >= 4 is 23.0 Å². The minimum Gasteiger partial charge on any atom is -0.480 e. The average molecular weight is 547 g/mol. The quantitative estimate of drug-likeness (QED) is 0.223. The van der Waals surface area contributed by atoms with Crippen molar-refractivity contribution in [2.75, 3.05) is 6.61 Å². The number of ether oxygens (including phenoxy) is 2. The summed E-state index contributed by atoms with van der Waals surface area (Å²) in [5.74, 6) is -0.119. The molecule has 4 aromatic carbocycles. The van der Waals surface area contributed by atoms with Gasteiger partial charge in [-0.25, -0.2) is 9.59 Å². The zero-order chi connectivity index (χ0) is 28.5. The predicted octanol–water partition coefficient (Wildman–Crippen LogP) is 6.81. The molecule has 0 saturated carbocycles. The summed E-state index contributed by atoms with van der Waals surface area (Å²) in [5, 5.41) is 13.5. The smallest absolute Gasteiger partial charge is 0.407 e. The monoisotopic (exact) mass is 546 g/mol. The van der Waals surface area contributed by atoms with Crippen LogP contribution >= 0.6 is 0 Å². The molecule has 1 aliphatic carbocycles. The number of carbonyl (C=O) groups excluding carboxylic acids is 1. The minimum absolute atomic E-state index is 0.0159. The Balaban J connectivity index is 1.22. The Morgan fingerprint density at radius 2 is 1.49 bits per heavy atom. The molecule has 0 saturated heterocycles. The molecule has 41 heavy (non-hydrogen) atoms. The second-order valence-electron chi connectivity index (χ2n) is 10.3. The summed E-state index contributed by atoms with van der Waals surface area (Å²) in [6.07, 6.45) is -0.761. The first-order valence-corrected chi connectivity index (χ1v) is 13.6. The van der Waals surface area contributed by atoms with E-state index in [1.807, 2.05) is 103 Å². The zero-order valence-electron chi connectivity index (χ0n) is 22.8. The van der Waals surface area contributed by atoms with Gasteiger partial charge in [-0.05, 0) is 47.4 Å². The van der Waals surface area contributed by atoms with Crippen LogP contribution in [0.5, 0.6) is 11.6 Å². The lowest BCUT2D eigenvalue weighted by Crippen LogP contribution is -2.43. The van der Waals surface area contributed by atoms with Gasteiger partial charge in [0.15, 0.2) is 0 Å². The second kappa shape index (κ2) is 10.8. The van der Waals surface area contributed by atoms with Crippen LogP contribution in [-0.4, -0.2) is 34.4 Å². The molecule has 1 atom stereocenters. The summed E-state index contributed by atoms with van der Waals surface area (Å²) >= 11 is 0. The van der Waals surface area contributed by atoms with E-state index >= 15 is 0 Å². The number of fused-ring (bicyclic) bond motifs is 4. The third kappa shape index (κ3) is 5.02. The molecule has 7 heteroatoms. The Labute approximate surface area is 238 Å². The fraction of sp³-hybridized carbons (Fsp3) is 0.176. The summed E-state index contributed by atoms with van der Waals surface area (Å²) in [6, 6.07) is 30.3. The number of aliphatic carboxylic acids is 1. The first-order valence-electron chi connectivity index (χ1n) is 13.6. The number of carbonyl (C=O) groups is 2. The lowest BCUT2D eigenvalue weighted by atomic mass is 9.98. The molecule has 0 radical (unpaired) electrons. The summed E-state index contributed by atoms with van der Waals surface area (Å²) in [7, 11) is 1.88. The van der Waals surface area contributed by atoms with E-state index in [1.54, 1.807) is 0 Å². The standard InChI is InChI=1S/C34H30N2O5/c1-21-15-17-22(18-16-21)41-32-28(27-13-7-8-14-31(27)36(32)2)19-30(33(37)38)35-34(39)40-20-29-25-11-5-3-9-23(25)24-10-4-6-12-26(24)29/h3-18,29-30H,19-20H2,1-2H3,(H,35,39)(H,37,38). The van der Waals surface area contributed by atoms with E-state index in [0.29, 0.717) is 17.2 Å². The molecule has 7 nitrogen and oxygen atoms in total. The Bertz CT molecular complexity index is 1710. The van der Waals surface area contributed by atoms with Gasteiger partial charge < -0.3 is 24.5 Å². The van der Waals surface area contributed by atoms with Crippen LogP contribution in [0.2, 0.25) is 0 Å². The maximum absolute atomic E-state index is 13.0. The highest BCUT2D eigenvalue weighted by Gasteiger charge is 2.31. The third-order valence-electron chi connectivity index (χ3n) is 7.73. The number of carboxylic acid groups (broad SMARTS) is 1. The van der Waals surface area contributed by atoms with E-state index in [9.17, 15) is 14.7 Å². The topological polar surface area (TPSA) is 89.8 Å². The van der Waals surface area contributed by atoms with Gasteiger partial charge in [0.25, 0.3) is 0 Å². The highest BCUT2D eigenvalue weighted by molar-refractivity contribution is 5.89. The van der Waals surface area contributed by atoms with Crippen molar-refractivity contribution < 1.29 is 24.2 Å². The average Bonchev–Trinajstić information content (AvgIpc) is 3.44. The number of hydrogen-bond donors (Lipinski definition) is 2. The van der Waals surface area contributed by atoms with Crippen LogP contribution in [0.3, 0.4) is 0 Å². The summed E-state index contributed by atoms with van der Waals surface area (Å²) in [4.78, 5) is 25.3. The molecule has 6 rings (SSSR count). The lowest BCUT2D eigenvalue weighted by Gasteiger charge is -2.18. The van der Waals surface area contributed by atoms with E-state index < -0.39 is 18.1 Å². The summed E-state index contributed by atoms with van der Waals surface area (Å²) < 4.78 is 13.8. The number of aromatic nitrogens is 1. The number of rotatable bonds is 8. The molecule has 0 bridgehead atoms. The van der Waals surface area contributed by atoms with Crippen molar-refractivity contribution in [3.8, 4) is 22.8 Å². The van der Waals surface area contributed by atoms with Crippen LogP contribution in [0.25, 0.3) is 22.0 Å². The molecule has 206 valence electrons. The molecule has 0 fully saturated rings. The van der Waals surface area contributed by atoms with Gasteiger partial charge in [-0.2, -0.15) is 0 Å². The first-order chi connectivity index (χ1) is 19.9. The molecule has 1 aliphatic rings. The number of para-hydroxylation sites is 1. The zero-order valence-corrected chi connectivity index (χ0v) is 22.8. The number of nitrogens with zero attached hydrogens (tertiary/aromatic N) is 1. The van der Waals surface area contributed by atoms with Gasteiger partial charge in [-0.3, -0.25) is 0 Å². The molecule has 1 heterocycles. The molecule has 2 N–H and O–H groups in total. The largest absolute Gasteiger partial charge is 0.480 e. The van der Waals surface area contributed by atoms with Gasteiger partial charge in [0, 0.05) is 30.3 Å². The fourth-order valence-electron chi connectivity index (χ4n) is 5.68. The number of benzene rings is 4. The molecule has 1 amide bonds. The number of carboxylic acids is 1. The van der Waals surface area contributed by atoms with Gasteiger partial charge in [-0.15, -0.1) is 0 Å². The molecule has 0 spiro atoms. The van der Waals surface area contributed by atoms with Crippen LogP contribution < -0.4 is 10.1 Å². The predicted molar refractivity (Wildman–Crippen MR) is 158 cm³/mol. The Morgan fingerprint density at radius 1 is 0.878 bits per heavy atom. The van der Waals surface area contributed by atoms with Gasteiger partial charge in [0.2, 0.25) is 5.88 Å². The van der Waals surface area contributed by atoms with Gasteiger partial charge in [0.05, 0.1) is 5.52 Å². The van der Waals surface area contributed by atoms with Crippen molar-refractivity contribution in [3.63, 3.8) is 0 Å². The Kier molecular flexibility index (Phi) is 6.93. The number of amides is 1. The van der Waals surface area contributed by atoms with Crippen molar-refractivity contribution in [2.24, 2.45) is 7.05 Å². The van der Waals surface area contributed by atoms with Crippen LogP contribution in [0.15, 0.2) is 97.1 Å². The number of alkyl carbamates (subject to hydrolysis) is 1. The van der Waals surface area contributed by atoms with Gasteiger partial charge in [-0.1, -0.05) is 84.4 Å². The van der Waals surface area contributed by atoms with Gasteiger partial charge >= 0.3 is 12.1 Å². The van der Waals surface area contributed by atoms with Crippen molar-refractivity contribution in [2.45, 2.75) is 25.3 Å². The Hall–Kier alpha value is -5.04. The van der Waals surface area contributed by atoms with Crippen LogP contribution in [0.1, 0.15) is 28.2 Å². The third-order valence-corrected chi connectivity index (χ3v) is 7.73. The van der Waals surface area contributed by atoms with E-state index in [0.717, 1.165) is 38.7 Å². The van der Waals surface area contributed by atoms with E-state index in [2.05, 4.69) is 17.4 Å². The SMILES string of the molecule is Cc1ccc(Oc2c(CC(NC(=O)OCC3c4ccccc4-c4ccccc43)C(=O)O)c3ccccc3n2C)cc1. The van der Waals surface area contributed by atoms with E-state index in [4.69, 9.17) is 9.47 Å². The number of nitrogens with one attached hydrogen (secondary N) is 1. The highest BCUT2D eigenvalue weighted by Crippen LogP contribution is 2.44. The molecular formula is C34H30N2O5. The van der Waals surface area contributed by atoms with Crippen LogP contribution in [0.4, 0.5) is 4.79 Å². The first kappa shape index (κ1) is 26.2. The van der Waals surface area contributed by atoms with E-state index in [-0.39, 0.29) is 18.9 Å². The number of aryl methyl sites for hydroxylation is 2. The van der Waals surface area contributed by atoms with E-state index in [1.165, 1.54) is 0 Å². The van der Waals surface area contributed by atoms with Gasteiger partial charge in [0.1, 0.15) is 18.4 Å². The highest BCUT2D eigenvalue weighted by atomic mass is 16.5. The maximum atomic E-state index is 13.0. The van der Waals surface area contributed by atoms with Crippen LogP contribution in [-0.2, 0) is 23.0 Å². The Morgan fingerprint density at radius 3 is 2.15 bits per heavy atom. The molecule has 1 unspecified atom stereocenters. The lowest BCUT2D eigenvalue weighted by molar-refractivity contribution is -0.139. The maximum Gasteiger partial charge on any atom is 0.407 e. The van der Waals surface area contributed by atoms with Crippen molar-refractivity contribution in [1.82, 2.24) is 9.88 Å². The number of hydrogen-bond acceptors (Lipinski definition) is 4. The fourth-order valence-corrected chi connectivity index (χ4v) is 5.68. The normalized spacial score (nSPS) is 12.9. The second-order valence-corrected chi connectivity index (χ2v) is 10.3. The van der Waals surface area contributed by atoms with Crippen molar-refractivity contribution in [1.29, 1.82) is 0 Å². The molecule has 0 aliphatic heterocycles. The summed E-state index contributed by atoms with van der Waals surface area (Å²) in [5.41, 5.74) is 7.11.